The molecule has 1 aliphatic heterocycles. The summed E-state index contributed by atoms with van der Waals surface area (Å²) >= 11 is 0. The number of benzene rings is 2. The van der Waals surface area contributed by atoms with Crippen molar-refractivity contribution >= 4 is 10.9 Å². The Morgan fingerprint density at radius 2 is 1.66 bits per heavy atom. The molecule has 4 aromatic rings. The minimum atomic E-state index is -1.47. The van der Waals surface area contributed by atoms with Crippen LogP contribution in [0, 0.1) is 17.3 Å². The fourth-order valence-electron chi connectivity index (χ4n) is 5.88. The largest absolute Gasteiger partial charge is 0.380 e. The first-order chi connectivity index (χ1) is 17.9. The van der Waals surface area contributed by atoms with E-state index in [-0.39, 0.29) is 0 Å². The zero-order chi connectivity index (χ0) is 27.3. The molecule has 0 amide bonds. The summed E-state index contributed by atoms with van der Waals surface area (Å²) in [6.07, 6.45) is 3.40. The highest BCUT2D eigenvalue weighted by atomic mass is 16.3. The number of likely N-dealkylation sites (tertiary alicyclic amines) is 1. The number of pyridine rings is 1. The quantitative estimate of drug-likeness (QED) is 0.387. The van der Waals surface area contributed by atoms with E-state index < -0.39 is 16.6 Å². The van der Waals surface area contributed by atoms with E-state index >= 15 is 0 Å². The van der Waals surface area contributed by atoms with Crippen molar-refractivity contribution in [3.8, 4) is 11.8 Å². The molecule has 2 atom stereocenters. The molecule has 0 bridgehead atoms. The number of aliphatic hydroxyl groups is 2. The molecule has 1 aliphatic rings. The Hall–Kier alpha value is -3.50. The van der Waals surface area contributed by atoms with Crippen LogP contribution in [0.3, 0.4) is 0 Å². The molecule has 38 heavy (non-hydrogen) atoms. The first kappa shape index (κ1) is 26.1. The van der Waals surface area contributed by atoms with Crippen molar-refractivity contribution < 1.29 is 10.2 Å². The Morgan fingerprint density at radius 1 is 0.974 bits per heavy atom. The van der Waals surface area contributed by atoms with Crippen LogP contribution in [-0.2, 0) is 18.2 Å². The van der Waals surface area contributed by atoms with Crippen molar-refractivity contribution in [2.75, 3.05) is 20.1 Å². The zero-order valence-corrected chi connectivity index (χ0v) is 23.0. The van der Waals surface area contributed by atoms with Crippen LogP contribution >= 0.6 is 0 Å². The van der Waals surface area contributed by atoms with Gasteiger partial charge in [-0.15, -0.1) is 0 Å². The Morgan fingerprint density at radius 3 is 2.32 bits per heavy atom. The standard InChI is InChI=1S/C32H36N4O2/c1-22(2)24-11-13-25(14-12-24)32(38,30(3)20-35(5)21-30)26-17-23(18-33-19-26)15-16-31(4,37)29-27-9-7-8-10-28(27)36(6)34-29/h7-14,17-19,22,37-38H,20-21H2,1-6H3/t31?,32-/m0/s1. The van der Waals surface area contributed by atoms with E-state index in [2.05, 4.69) is 66.8 Å². The minimum Gasteiger partial charge on any atom is -0.380 e. The Balaban J connectivity index is 1.55. The van der Waals surface area contributed by atoms with E-state index in [4.69, 9.17) is 0 Å². The van der Waals surface area contributed by atoms with Gasteiger partial charge in [0, 0.05) is 54.5 Å². The minimum absolute atomic E-state index is 0.396. The van der Waals surface area contributed by atoms with Gasteiger partial charge in [-0.05, 0) is 43.1 Å². The Bertz CT molecular complexity index is 1540. The van der Waals surface area contributed by atoms with E-state index in [0.29, 0.717) is 22.7 Å². The molecule has 0 aliphatic carbocycles. The summed E-state index contributed by atoms with van der Waals surface area (Å²) in [5.74, 6) is 6.53. The molecular formula is C32H36N4O2. The van der Waals surface area contributed by atoms with Crippen molar-refractivity contribution in [2.24, 2.45) is 12.5 Å². The molecule has 1 saturated heterocycles. The number of hydrogen-bond acceptors (Lipinski definition) is 5. The summed E-state index contributed by atoms with van der Waals surface area (Å²) in [6, 6.07) is 18.0. The van der Waals surface area contributed by atoms with E-state index in [1.54, 1.807) is 24.0 Å². The van der Waals surface area contributed by atoms with Crippen LogP contribution in [0.2, 0.25) is 0 Å². The first-order valence-corrected chi connectivity index (χ1v) is 13.1. The number of para-hydroxylation sites is 1. The van der Waals surface area contributed by atoms with Crippen molar-refractivity contribution in [2.45, 2.75) is 44.8 Å². The number of fused-ring (bicyclic) bond motifs is 1. The number of aromatic nitrogens is 3. The average molecular weight is 509 g/mol. The summed E-state index contributed by atoms with van der Waals surface area (Å²) in [6.45, 7) is 9.62. The van der Waals surface area contributed by atoms with Gasteiger partial charge in [-0.3, -0.25) is 9.67 Å². The Labute approximate surface area is 225 Å². The molecule has 0 saturated carbocycles. The van der Waals surface area contributed by atoms with Gasteiger partial charge in [0.1, 0.15) is 11.3 Å². The predicted molar refractivity (Wildman–Crippen MR) is 151 cm³/mol. The summed E-state index contributed by atoms with van der Waals surface area (Å²) in [5, 5.41) is 29.2. The smallest absolute Gasteiger partial charge is 0.167 e. The van der Waals surface area contributed by atoms with Gasteiger partial charge in [-0.25, -0.2) is 0 Å². The SMILES string of the molecule is CC(C)c1ccc([C@](O)(c2cncc(C#CC(C)(O)c3nn(C)c4ccccc34)c2)C2(C)CN(C)C2)cc1. The lowest BCUT2D eigenvalue weighted by Gasteiger charge is -2.55. The van der Waals surface area contributed by atoms with Crippen LogP contribution in [0.5, 0.6) is 0 Å². The highest BCUT2D eigenvalue weighted by Gasteiger charge is 2.55. The van der Waals surface area contributed by atoms with Crippen LogP contribution in [0.4, 0.5) is 0 Å². The first-order valence-electron chi connectivity index (χ1n) is 13.1. The number of aryl methyl sites for hydroxylation is 1. The maximum atomic E-state index is 12.5. The van der Waals surface area contributed by atoms with Gasteiger partial charge >= 0.3 is 0 Å². The summed E-state index contributed by atoms with van der Waals surface area (Å²) < 4.78 is 1.75. The zero-order valence-electron chi connectivity index (χ0n) is 23.0. The van der Waals surface area contributed by atoms with Crippen LogP contribution in [0.15, 0.2) is 67.0 Å². The maximum absolute atomic E-state index is 12.5. The molecule has 6 nitrogen and oxygen atoms in total. The molecule has 196 valence electrons. The molecule has 6 heteroatoms. The number of rotatable bonds is 5. The topological polar surface area (TPSA) is 74.4 Å². The van der Waals surface area contributed by atoms with E-state index in [9.17, 15) is 10.2 Å². The van der Waals surface area contributed by atoms with Gasteiger partial charge in [-0.1, -0.05) is 75.1 Å². The number of nitrogens with zero attached hydrogens (tertiary/aromatic N) is 4. The fourth-order valence-corrected chi connectivity index (χ4v) is 5.88. The second-order valence-corrected chi connectivity index (χ2v) is 11.5. The van der Waals surface area contributed by atoms with Crippen molar-refractivity contribution in [1.82, 2.24) is 19.7 Å². The lowest BCUT2D eigenvalue weighted by molar-refractivity contribution is -0.127. The van der Waals surface area contributed by atoms with E-state index in [1.807, 2.05) is 49.5 Å². The summed E-state index contributed by atoms with van der Waals surface area (Å²) in [4.78, 5) is 6.67. The summed E-state index contributed by atoms with van der Waals surface area (Å²) in [5.41, 5.74) is 1.72. The maximum Gasteiger partial charge on any atom is 0.167 e. The molecule has 1 fully saturated rings. The fraction of sp³-hybridized carbons (Fsp3) is 0.375. The molecule has 1 unspecified atom stereocenters. The van der Waals surface area contributed by atoms with Crippen LogP contribution in [-0.4, -0.2) is 50.0 Å². The monoisotopic (exact) mass is 508 g/mol. The normalized spacial score (nSPS) is 18.3. The Kier molecular flexibility index (Phi) is 6.43. The van der Waals surface area contributed by atoms with Crippen LogP contribution < -0.4 is 0 Å². The third-order valence-electron chi connectivity index (χ3n) is 7.93. The van der Waals surface area contributed by atoms with Crippen molar-refractivity contribution in [3.05, 3.63) is 94.9 Å². The average Bonchev–Trinajstić information content (AvgIpc) is 3.24. The van der Waals surface area contributed by atoms with E-state index in [1.165, 1.54) is 5.56 Å². The van der Waals surface area contributed by atoms with Gasteiger partial charge in [0.15, 0.2) is 5.60 Å². The second kappa shape index (κ2) is 9.36. The van der Waals surface area contributed by atoms with E-state index in [0.717, 1.165) is 29.6 Å². The van der Waals surface area contributed by atoms with Gasteiger partial charge in [0.25, 0.3) is 0 Å². The van der Waals surface area contributed by atoms with Crippen molar-refractivity contribution in [3.63, 3.8) is 0 Å². The molecule has 2 aromatic heterocycles. The second-order valence-electron chi connectivity index (χ2n) is 11.5. The molecule has 5 rings (SSSR count). The predicted octanol–water partition coefficient (Wildman–Crippen LogP) is 4.54. The van der Waals surface area contributed by atoms with Gasteiger partial charge in [-0.2, -0.15) is 5.10 Å². The lowest BCUT2D eigenvalue weighted by Crippen LogP contribution is -2.63. The summed E-state index contributed by atoms with van der Waals surface area (Å²) in [7, 11) is 3.92. The highest BCUT2D eigenvalue weighted by Crippen LogP contribution is 2.50. The molecule has 2 N–H and O–H groups in total. The number of hydrogen-bond donors (Lipinski definition) is 2. The molecule has 0 radical (unpaired) electrons. The van der Waals surface area contributed by atoms with Gasteiger partial charge < -0.3 is 15.1 Å². The third-order valence-corrected chi connectivity index (χ3v) is 7.93. The van der Waals surface area contributed by atoms with Gasteiger partial charge in [0.2, 0.25) is 0 Å². The highest BCUT2D eigenvalue weighted by molar-refractivity contribution is 5.83. The molecular weight excluding hydrogens is 472 g/mol. The molecule has 3 heterocycles. The van der Waals surface area contributed by atoms with Crippen LogP contribution in [0.1, 0.15) is 61.6 Å². The third kappa shape index (κ3) is 4.31. The van der Waals surface area contributed by atoms with Crippen molar-refractivity contribution in [1.29, 1.82) is 0 Å². The van der Waals surface area contributed by atoms with Crippen LogP contribution in [0.25, 0.3) is 10.9 Å². The molecule has 2 aromatic carbocycles. The molecule has 0 spiro atoms. The lowest BCUT2D eigenvalue weighted by atomic mass is 9.62. The van der Waals surface area contributed by atoms with Gasteiger partial charge in [0.05, 0.1) is 5.52 Å².